The highest BCUT2D eigenvalue weighted by atomic mass is 16.5. The quantitative estimate of drug-likeness (QED) is 0.653. The second-order valence-electron chi connectivity index (χ2n) is 3.04. The number of aliphatic hydroxyl groups is 2. The maximum absolute atomic E-state index is 8.94. The van der Waals surface area contributed by atoms with E-state index in [1.807, 2.05) is 6.07 Å². The van der Waals surface area contributed by atoms with E-state index in [0.717, 1.165) is 0 Å². The predicted molar refractivity (Wildman–Crippen MR) is 56.7 cm³/mol. The van der Waals surface area contributed by atoms with Crippen LogP contribution in [-0.2, 0) is 0 Å². The first kappa shape index (κ1) is 10.5. The topological polar surface area (TPSA) is 91.2 Å². The molecule has 0 aliphatic carbocycles. The van der Waals surface area contributed by atoms with Gasteiger partial charge in [0.15, 0.2) is 6.29 Å². The van der Waals surface area contributed by atoms with Crippen LogP contribution >= 0.6 is 0 Å². The van der Waals surface area contributed by atoms with Crippen LogP contribution in [0.4, 0.5) is 11.6 Å². The molecule has 2 heterocycles. The lowest BCUT2D eigenvalue weighted by Crippen LogP contribution is -2.02. The monoisotopic (exact) mass is 218 g/mol. The van der Waals surface area contributed by atoms with Gasteiger partial charge in [0.25, 0.3) is 0 Å². The lowest BCUT2D eigenvalue weighted by Gasteiger charge is -2.06. The van der Waals surface area contributed by atoms with E-state index in [1.165, 1.54) is 12.4 Å². The molecule has 6 heteroatoms. The second kappa shape index (κ2) is 4.65. The first-order chi connectivity index (χ1) is 7.75. The summed E-state index contributed by atoms with van der Waals surface area (Å²) in [6.45, 7) is 0. The fraction of sp³-hybridized carbons (Fsp3) is 0.100. The van der Waals surface area contributed by atoms with Crippen molar-refractivity contribution in [2.24, 2.45) is 0 Å². The summed E-state index contributed by atoms with van der Waals surface area (Å²) in [5, 5.41) is 20.8. The molecule has 0 saturated carbocycles. The van der Waals surface area contributed by atoms with Crippen molar-refractivity contribution in [3.63, 3.8) is 0 Å². The van der Waals surface area contributed by atoms with Crippen molar-refractivity contribution in [1.29, 1.82) is 0 Å². The van der Waals surface area contributed by atoms with Crippen LogP contribution < -0.4 is 5.32 Å². The molecule has 2 aromatic heterocycles. The Kier molecular flexibility index (Phi) is 3.04. The molecule has 0 atom stereocenters. The molecular formula is C10H10N4O2. The summed E-state index contributed by atoms with van der Waals surface area (Å²) in [5.41, 5.74) is 0.133. The maximum Gasteiger partial charge on any atom is 0.196 e. The lowest BCUT2D eigenvalue weighted by molar-refractivity contribution is -0.0458. The predicted octanol–water partition coefficient (Wildman–Crippen LogP) is 0.598. The molecule has 0 amide bonds. The molecule has 0 aliphatic rings. The Bertz CT molecular complexity index is 461. The molecule has 6 nitrogen and oxygen atoms in total. The summed E-state index contributed by atoms with van der Waals surface area (Å²) in [7, 11) is 0. The minimum absolute atomic E-state index is 0.133. The SMILES string of the molecule is OC(O)c1cc(Nc2ccccn2)ncn1. The normalized spacial score (nSPS) is 10.4. The number of nitrogens with one attached hydrogen (secondary N) is 1. The molecule has 0 aromatic carbocycles. The number of pyridine rings is 1. The van der Waals surface area contributed by atoms with E-state index < -0.39 is 6.29 Å². The molecule has 82 valence electrons. The summed E-state index contributed by atoms with van der Waals surface area (Å²) in [5.74, 6) is 1.08. The van der Waals surface area contributed by atoms with Gasteiger partial charge in [0.05, 0.1) is 0 Å². The van der Waals surface area contributed by atoms with Gasteiger partial charge in [-0.3, -0.25) is 0 Å². The van der Waals surface area contributed by atoms with Crippen molar-refractivity contribution in [2.75, 3.05) is 5.32 Å². The molecule has 3 N–H and O–H groups in total. The van der Waals surface area contributed by atoms with Crippen LogP contribution in [-0.4, -0.2) is 25.2 Å². The van der Waals surface area contributed by atoms with Crippen LogP contribution in [0.15, 0.2) is 36.8 Å². The second-order valence-corrected chi connectivity index (χ2v) is 3.04. The lowest BCUT2D eigenvalue weighted by atomic mass is 10.3. The molecule has 0 aliphatic heterocycles. The average Bonchev–Trinajstić information content (AvgIpc) is 2.30. The number of nitrogens with zero attached hydrogens (tertiary/aromatic N) is 3. The molecule has 0 saturated heterocycles. The van der Waals surface area contributed by atoms with Crippen molar-refractivity contribution >= 4 is 11.6 Å². The highest BCUT2D eigenvalue weighted by molar-refractivity contribution is 5.50. The van der Waals surface area contributed by atoms with E-state index in [1.54, 1.807) is 18.3 Å². The van der Waals surface area contributed by atoms with Crippen molar-refractivity contribution in [1.82, 2.24) is 15.0 Å². The Labute approximate surface area is 91.7 Å². The first-order valence-electron chi connectivity index (χ1n) is 4.62. The smallest absolute Gasteiger partial charge is 0.196 e. The molecule has 0 radical (unpaired) electrons. The summed E-state index contributed by atoms with van der Waals surface area (Å²) in [6, 6.07) is 6.85. The molecule has 2 aromatic rings. The summed E-state index contributed by atoms with van der Waals surface area (Å²) < 4.78 is 0. The third kappa shape index (κ3) is 2.50. The fourth-order valence-electron chi connectivity index (χ4n) is 1.15. The maximum atomic E-state index is 8.94. The van der Waals surface area contributed by atoms with Crippen LogP contribution in [0.5, 0.6) is 0 Å². The number of hydrogen-bond acceptors (Lipinski definition) is 6. The van der Waals surface area contributed by atoms with Gasteiger partial charge in [-0.15, -0.1) is 0 Å². The number of anilines is 2. The molecule has 0 unspecified atom stereocenters. The summed E-state index contributed by atoms with van der Waals surface area (Å²) in [4.78, 5) is 11.7. The number of aromatic nitrogens is 3. The van der Waals surface area contributed by atoms with Gasteiger partial charge in [-0.1, -0.05) is 6.07 Å². The number of rotatable bonds is 3. The molecule has 16 heavy (non-hydrogen) atoms. The van der Waals surface area contributed by atoms with Crippen molar-refractivity contribution < 1.29 is 10.2 Å². The summed E-state index contributed by atoms with van der Waals surface area (Å²) in [6.07, 6.45) is 1.29. The van der Waals surface area contributed by atoms with Crippen molar-refractivity contribution in [3.05, 3.63) is 42.5 Å². The van der Waals surface area contributed by atoms with Gasteiger partial charge >= 0.3 is 0 Å². The minimum atomic E-state index is -1.60. The minimum Gasteiger partial charge on any atom is -0.363 e. The molecule has 0 fully saturated rings. The van der Waals surface area contributed by atoms with Gasteiger partial charge in [0.2, 0.25) is 0 Å². The third-order valence-corrected chi connectivity index (χ3v) is 1.87. The Hall–Kier alpha value is -2.05. The zero-order valence-corrected chi connectivity index (χ0v) is 8.28. The standard InChI is InChI=1S/C10H10N4O2/c15-10(16)7-5-9(13-6-12-7)14-8-3-1-2-4-11-8/h1-6,10,15-16H,(H,11,12,13,14). The highest BCUT2D eigenvalue weighted by Crippen LogP contribution is 2.13. The van der Waals surface area contributed by atoms with Crippen molar-refractivity contribution in [3.8, 4) is 0 Å². The van der Waals surface area contributed by atoms with E-state index in [4.69, 9.17) is 10.2 Å². The Morgan fingerprint density at radius 3 is 2.62 bits per heavy atom. The van der Waals surface area contributed by atoms with Gasteiger partial charge < -0.3 is 15.5 Å². The van der Waals surface area contributed by atoms with Crippen LogP contribution in [0, 0.1) is 0 Å². The van der Waals surface area contributed by atoms with Gasteiger partial charge in [0.1, 0.15) is 23.7 Å². The third-order valence-electron chi connectivity index (χ3n) is 1.87. The average molecular weight is 218 g/mol. The van der Waals surface area contributed by atoms with Crippen LogP contribution in [0.3, 0.4) is 0 Å². The Balaban J connectivity index is 2.19. The Morgan fingerprint density at radius 2 is 1.94 bits per heavy atom. The molecule has 2 rings (SSSR count). The number of hydrogen-bond donors (Lipinski definition) is 3. The molecule has 0 spiro atoms. The van der Waals surface area contributed by atoms with E-state index >= 15 is 0 Å². The zero-order valence-electron chi connectivity index (χ0n) is 8.28. The van der Waals surface area contributed by atoms with E-state index in [2.05, 4.69) is 20.3 Å². The van der Waals surface area contributed by atoms with Gasteiger partial charge in [-0.05, 0) is 12.1 Å². The van der Waals surface area contributed by atoms with E-state index in [-0.39, 0.29) is 5.69 Å². The Morgan fingerprint density at radius 1 is 1.06 bits per heavy atom. The highest BCUT2D eigenvalue weighted by Gasteiger charge is 2.05. The van der Waals surface area contributed by atoms with Crippen LogP contribution in [0.2, 0.25) is 0 Å². The van der Waals surface area contributed by atoms with Crippen LogP contribution in [0.1, 0.15) is 12.0 Å². The summed E-state index contributed by atoms with van der Waals surface area (Å²) >= 11 is 0. The van der Waals surface area contributed by atoms with Crippen LogP contribution in [0.25, 0.3) is 0 Å². The van der Waals surface area contributed by atoms with Gasteiger partial charge in [-0.2, -0.15) is 0 Å². The van der Waals surface area contributed by atoms with Gasteiger partial charge in [-0.25, -0.2) is 15.0 Å². The molecule has 0 bridgehead atoms. The van der Waals surface area contributed by atoms with E-state index in [9.17, 15) is 0 Å². The first-order valence-corrected chi connectivity index (χ1v) is 4.62. The largest absolute Gasteiger partial charge is 0.363 e. The molecular weight excluding hydrogens is 208 g/mol. The van der Waals surface area contributed by atoms with E-state index in [0.29, 0.717) is 11.6 Å². The van der Waals surface area contributed by atoms with Crippen molar-refractivity contribution in [2.45, 2.75) is 6.29 Å². The zero-order chi connectivity index (χ0) is 11.4. The van der Waals surface area contributed by atoms with Gasteiger partial charge in [0, 0.05) is 12.3 Å². The fourth-order valence-corrected chi connectivity index (χ4v) is 1.15. The number of aliphatic hydroxyl groups excluding tert-OH is 1.